The standard InChI is InChI=1S/C21H28N4O2/c1-16-15-27-11-10-24(16)18-12-20(22-21(26)13-18)25-9-8-23(2)14-19(25)17-6-4-3-5-7-17/h3-7,12-13,16,19H,8-11,14-15H2,1-2H3,(H,22,26)/t16-,19?/m1/s1. The Morgan fingerprint density at radius 3 is 2.67 bits per heavy atom. The number of nitrogens with one attached hydrogen (secondary N) is 1. The number of H-pyrrole nitrogens is 1. The number of morpholine rings is 1. The fourth-order valence-corrected chi connectivity index (χ4v) is 4.11. The molecule has 0 amide bonds. The highest BCUT2D eigenvalue weighted by Gasteiger charge is 2.28. The lowest BCUT2D eigenvalue weighted by Crippen LogP contribution is -2.48. The van der Waals surface area contributed by atoms with E-state index in [1.165, 1.54) is 5.56 Å². The van der Waals surface area contributed by atoms with E-state index in [0.29, 0.717) is 13.2 Å². The molecule has 2 saturated heterocycles. The lowest BCUT2D eigenvalue weighted by atomic mass is 10.0. The summed E-state index contributed by atoms with van der Waals surface area (Å²) in [7, 11) is 2.15. The van der Waals surface area contributed by atoms with E-state index < -0.39 is 0 Å². The van der Waals surface area contributed by atoms with Crippen LogP contribution in [0.2, 0.25) is 0 Å². The number of likely N-dealkylation sites (N-methyl/N-ethyl adjacent to an activating group) is 1. The van der Waals surface area contributed by atoms with Gasteiger partial charge in [0, 0.05) is 50.0 Å². The van der Waals surface area contributed by atoms with Crippen LogP contribution in [0, 0.1) is 0 Å². The van der Waals surface area contributed by atoms with E-state index in [4.69, 9.17) is 4.74 Å². The molecule has 6 nitrogen and oxygen atoms in total. The number of aromatic amines is 1. The van der Waals surface area contributed by atoms with E-state index in [2.05, 4.69) is 64.0 Å². The van der Waals surface area contributed by atoms with Crippen LogP contribution >= 0.6 is 0 Å². The van der Waals surface area contributed by atoms with Crippen molar-refractivity contribution in [2.45, 2.75) is 19.0 Å². The molecule has 144 valence electrons. The van der Waals surface area contributed by atoms with Crippen LogP contribution in [0.3, 0.4) is 0 Å². The number of hydrogen-bond donors (Lipinski definition) is 1. The minimum atomic E-state index is -0.0491. The minimum absolute atomic E-state index is 0.0491. The lowest BCUT2D eigenvalue weighted by molar-refractivity contribution is 0.0989. The van der Waals surface area contributed by atoms with Gasteiger partial charge in [-0.15, -0.1) is 0 Å². The highest BCUT2D eigenvalue weighted by molar-refractivity contribution is 5.57. The Morgan fingerprint density at radius 1 is 1.07 bits per heavy atom. The molecular formula is C21H28N4O2. The molecule has 2 atom stereocenters. The van der Waals surface area contributed by atoms with E-state index in [0.717, 1.165) is 37.7 Å². The first-order valence-electron chi connectivity index (χ1n) is 9.71. The molecule has 0 aliphatic carbocycles. The lowest BCUT2D eigenvalue weighted by Gasteiger charge is -2.42. The van der Waals surface area contributed by atoms with Crippen molar-refractivity contribution in [3.8, 4) is 0 Å². The van der Waals surface area contributed by atoms with E-state index >= 15 is 0 Å². The summed E-state index contributed by atoms with van der Waals surface area (Å²) >= 11 is 0. The number of rotatable bonds is 3. The van der Waals surface area contributed by atoms with Crippen molar-refractivity contribution in [2.24, 2.45) is 0 Å². The maximum Gasteiger partial charge on any atom is 0.251 e. The highest BCUT2D eigenvalue weighted by Crippen LogP contribution is 2.31. The van der Waals surface area contributed by atoms with Crippen molar-refractivity contribution in [1.82, 2.24) is 9.88 Å². The topological polar surface area (TPSA) is 51.8 Å². The van der Waals surface area contributed by atoms with Gasteiger partial charge < -0.3 is 24.4 Å². The largest absolute Gasteiger partial charge is 0.377 e. The Labute approximate surface area is 160 Å². The zero-order valence-electron chi connectivity index (χ0n) is 16.1. The predicted octanol–water partition coefficient (Wildman–Crippen LogP) is 2.09. The third kappa shape index (κ3) is 3.87. The van der Waals surface area contributed by atoms with Gasteiger partial charge in [0.1, 0.15) is 5.82 Å². The first-order valence-corrected chi connectivity index (χ1v) is 9.71. The normalized spacial score (nSPS) is 24.2. The zero-order chi connectivity index (χ0) is 18.8. The summed E-state index contributed by atoms with van der Waals surface area (Å²) in [4.78, 5) is 22.5. The number of hydrogen-bond acceptors (Lipinski definition) is 5. The van der Waals surface area contributed by atoms with Gasteiger partial charge in [-0.2, -0.15) is 0 Å². The van der Waals surface area contributed by atoms with Crippen molar-refractivity contribution in [2.75, 3.05) is 56.2 Å². The van der Waals surface area contributed by atoms with Gasteiger partial charge in [-0.25, -0.2) is 0 Å². The van der Waals surface area contributed by atoms with Crippen molar-refractivity contribution in [3.63, 3.8) is 0 Å². The molecule has 27 heavy (non-hydrogen) atoms. The number of benzene rings is 1. The Kier molecular flexibility index (Phi) is 5.18. The molecule has 1 unspecified atom stereocenters. The van der Waals surface area contributed by atoms with E-state index in [-0.39, 0.29) is 17.6 Å². The average molecular weight is 368 g/mol. The molecule has 1 aromatic heterocycles. The van der Waals surface area contributed by atoms with Gasteiger partial charge in [0.15, 0.2) is 0 Å². The van der Waals surface area contributed by atoms with Crippen molar-refractivity contribution < 1.29 is 4.74 Å². The van der Waals surface area contributed by atoms with Gasteiger partial charge in [-0.3, -0.25) is 4.79 Å². The number of ether oxygens (including phenoxy) is 1. The van der Waals surface area contributed by atoms with Crippen molar-refractivity contribution >= 4 is 11.5 Å². The number of piperazine rings is 1. The van der Waals surface area contributed by atoms with Crippen LogP contribution in [0.4, 0.5) is 11.5 Å². The van der Waals surface area contributed by atoms with E-state index in [9.17, 15) is 4.79 Å². The molecule has 0 spiro atoms. The monoisotopic (exact) mass is 368 g/mol. The molecule has 2 aliphatic heterocycles. The van der Waals surface area contributed by atoms with E-state index in [1.807, 2.05) is 6.07 Å². The number of nitrogens with zero attached hydrogens (tertiary/aromatic N) is 3. The maximum absolute atomic E-state index is 12.5. The quantitative estimate of drug-likeness (QED) is 0.899. The summed E-state index contributed by atoms with van der Waals surface area (Å²) in [6.07, 6.45) is 0. The molecule has 1 aromatic carbocycles. The summed E-state index contributed by atoms with van der Waals surface area (Å²) < 4.78 is 5.55. The second-order valence-corrected chi connectivity index (χ2v) is 7.59. The summed E-state index contributed by atoms with van der Waals surface area (Å²) in [6.45, 7) is 7.15. The van der Waals surface area contributed by atoms with E-state index in [1.54, 1.807) is 6.07 Å². The Morgan fingerprint density at radius 2 is 1.89 bits per heavy atom. The number of pyridine rings is 1. The third-order valence-electron chi connectivity index (χ3n) is 5.59. The van der Waals surface area contributed by atoms with Crippen LogP contribution in [0.5, 0.6) is 0 Å². The van der Waals surface area contributed by atoms with Crippen LogP contribution in [-0.2, 0) is 4.74 Å². The van der Waals surface area contributed by atoms with Crippen molar-refractivity contribution in [1.29, 1.82) is 0 Å². The second-order valence-electron chi connectivity index (χ2n) is 7.59. The summed E-state index contributed by atoms with van der Waals surface area (Å²) in [5.74, 6) is 0.901. The van der Waals surface area contributed by atoms with Gasteiger partial charge in [-0.05, 0) is 19.5 Å². The SMILES string of the molecule is C[C@@H]1COCCN1c1cc(N2CCN(C)CC2c2ccccc2)[nH]c(=O)c1. The van der Waals surface area contributed by atoms with Gasteiger partial charge in [0.05, 0.1) is 19.3 Å². The fraction of sp³-hybridized carbons (Fsp3) is 0.476. The van der Waals surface area contributed by atoms with Crippen LogP contribution in [0.1, 0.15) is 18.5 Å². The van der Waals surface area contributed by atoms with Crippen molar-refractivity contribution in [3.05, 3.63) is 58.4 Å². The molecule has 2 aromatic rings. The predicted molar refractivity (Wildman–Crippen MR) is 109 cm³/mol. The Bertz CT molecular complexity index is 822. The van der Waals surface area contributed by atoms with Gasteiger partial charge in [0.25, 0.3) is 5.56 Å². The zero-order valence-corrected chi connectivity index (χ0v) is 16.1. The Hall–Kier alpha value is -2.31. The molecule has 3 heterocycles. The molecular weight excluding hydrogens is 340 g/mol. The minimum Gasteiger partial charge on any atom is -0.377 e. The smallest absolute Gasteiger partial charge is 0.251 e. The molecule has 2 aliphatic rings. The molecule has 0 bridgehead atoms. The van der Waals surface area contributed by atoms with Gasteiger partial charge >= 0.3 is 0 Å². The summed E-state index contributed by atoms with van der Waals surface area (Å²) in [5.41, 5.74) is 2.21. The molecule has 0 saturated carbocycles. The first-order chi connectivity index (χ1) is 13.1. The molecule has 6 heteroatoms. The van der Waals surface area contributed by atoms with Crippen LogP contribution < -0.4 is 15.4 Å². The van der Waals surface area contributed by atoms with Crippen LogP contribution in [-0.4, -0.2) is 62.4 Å². The van der Waals surface area contributed by atoms with Gasteiger partial charge in [-0.1, -0.05) is 30.3 Å². The second kappa shape index (κ2) is 7.74. The van der Waals surface area contributed by atoms with Crippen LogP contribution in [0.15, 0.2) is 47.3 Å². The molecule has 2 fully saturated rings. The third-order valence-corrected chi connectivity index (χ3v) is 5.59. The average Bonchev–Trinajstić information content (AvgIpc) is 2.68. The van der Waals surface area contributed by atoms with Crippen LogP contribution in [0.25, 0.3) is 0 Å². The first kappa shape index (κ1) is 18.1. The highest BCUT2D eigenvalue weighted by atomic mass is 16.5. The number of aromatic nitrogens is 1. The summed E-state index contributed by atoms with van der Waals surface area (Å²) in [5, 5.41) is 0. The molecule has 0 radical (unpaired) electrons. The maximum atomic E-state index is 12.5. The molecule has 1 N–H and O–H groups in total. The number of anilines is 2. The summed E-state index contributed by atoms with van der Waals surface area (Å²) in [6, 6.07) is 14.9. The fourth-order valence-electron chi connectivity index (χ4n) is 4.11. The van der Waals surface area contributed by atoms with Gasteiger partial charge in [0.2, 0.25) is 0 Å². The Balaban J connectivity index is 1.69. The molecule has 4 rings (SSSR count).